The molecule has 0 bridgehead atoms. The van der Waals surface area contributed by atoms with Crippen LogP contribution in [-0.4, -0.2) is 22.7 Å². The van der Waals surface area contributed by atoms with Crippen molar-refractivity contribution in [2.24, 2.45) is 0 Å². The van der Waals surface area contributed by atoms with Gasteiger partial charge in [0.15, 0.2) is 0 Å². The molecule has 2 aromatic carbocycles. The molecule has 0 spiro atoms. The topological polar surface area (TPSA) is 64.1 Å². The number of nitrogens with zero attached hydrogens (tertiary/aromatic N) is 2. The lowest BCUT2D eigenvalue weighted by atomic mass is 10.0. The van der Waals surface area contributed by atoms with Gasteiger partial charge in [0, 0.05) is 5.56 Å². The lowest BCUT2D eigenvalue weighted by Gasteiger charge is -2.05. The van der Waals surface area contributed by atoms with Gasteiger partial charge in [-0.2, -0.15) is 0 Å². The minimum Gasteiger partial charge on any atom is -0.367 e. The Hall–Kier alpha value is -2.57. The number of amides is 1. The Bertz CT molecular complexity index is 845. The molecule has 3 aromatic rings. The maximum atomic E-state index is 12.0. The highest BCUT2D eigenvalue weighted by Crippen LogP contribution is 2.27. The van der Waals surface area contributed by atoms with E-state index in [2.05, 4.69) is 41.5 Å². The van der Waals surface area contributed by atoms with Crippen molar-refractivity contribution in [2.45, 2.75) is 26.4 Å². The zero-order valence-electron chi connectivity index (χ0n) is 14.8. The Kier molecular flexibility index (Phi) is 6.09. The van der Waals surface area contributed by atoms with E-state index in [4.69, 9.17) is 4.74 Å². The summed E-state index contributed by atoms with van der Waals surface area (Å²) >= 11 is 1.35. The SMILES string of the molecule is CC(C)c1ccc(-c2nnc(NC(=O)COCc3ccccc3)s2)cc1. The van der Waals surface area contributed by atoms with Gasteiger partial charge in [-0.15, -0.1) is 10.2 Å². The van der Waals surface area contributed by atoms with Gasteiger partial charge < -0.3 is 4.74 Å². The molecule has 0 unspecified atom stereocenters. The lowest BCUT2D eigenvalue weighted by Crippen LogP contribution is -2.18. The van der Waals surface area contributed by atoms with Crippen molar-refractivity contribution in [3.8, 4) is 10.6 Å². The number of benzene rings is 2. The first-order valence-corrected chi connectivity index (χ1v) is 9.29. The third-order valence-electron chi connectivity index (χ3n) is 3.84. The average molecular weight is 367 g/mol. The molecule has 1 aromatic heterocycles. The van der Waals surface area contributed by atoms with Crippen molar-refractivity contribution in [1.29, 1.82) is 0 Å². The molecule has 0 saturated carbocycles. The van der Waals surface area contributed by atoms with Crippen molar-refractivity contribution in [2.75, 3.05) is 11.9 Å². The number of carbonyl (C=O) groups excluding carboxylic acids is 1. The Morgan fingerprint density at radius 3 is 2.50 bits per heavy atom. The van der Waals surface area contributed by atoms with Crippen LogP contribution in [0.2, 0.25) is 0 Å². The fraction of sp³-hybridized carbons (Fsp3) is 0.250. The van der Waals surface area contributed by atoms with Crippen molar-refractivity contribution in [3.05, 3.63) is 65.7 Å². The van der Waals surface area contributed by atoms with Crippen molar-refractivity contribution < 1.29 is 9.53 Å². The van der Waals surface area contributed by atoms with Crippen LogP contribution in [0.1, 0.15) is 30.9 Å². The highest BCUT2D eigenvalue weighted by atomic mass is 32.1. The summed E-state index contributed by atoms with van der Waals surface area (Å²) in [6, 6.07) is 18.0. The second-order valence-electron chi connectivity index (χ2n) is 6.22. The molecule has 5 nitrogen and oxygen atoms in total. The molecule has 3 rings (SSSR count). The third-order valence-corrected chi connectivity index (χ3v) is 4.73. The molecule has 26 heavy (non-hydrogen) atoms. The monoisotopic (exact) mass is 367 g/mol. The first-order valence-electron chi connectivity index (χ1n) is 8.47. The zero-order valence-corrected chi connectivity index (χ0v) is 15.6. The summed E-state index contributed by atoms with van der Waals surface area (Å²) in [5, 5.41) is 12.2. The van der Waals surface area contributed by atoms with E-state index in [1.807, 2.05) is 42.5 Å². The van der Waals surface area contributed by atoms with E-state index in [9.17, 15) is 4.79 Å². The number of nitrogens with one attached hydrogen (secondary N) is 1. The Labute approximate surface area is 157 Å². The van der Waals surface area contributed by atoms with Gasteiger partial charge in [0.25, 0.3) is 5.91 Å². The number of hydrogen-bond donors (Lipinski definition) is 1. The van der Waals surface area contributed by atoms with Gasteiger partial charge in [-0.1, -0.05) is 79.8 Å². The van der Waals surface area contributed by atoms with Crippen molar-refractivity contribution in [3.63, 3.8) is 0 Å². The van der Waals surface area contributed by atoms with Gasteiger partial charge in [-0.3, -0.25) is 10.1 Å². The first-order chi connectivity index (χ1) is 12.6. The van der Waals surface area contributed by atoms with Crippen LogP contribution in [-0.2, 0) is 16.1 Å². The number of carbonyl (C=O) groups is 1. The van der Waals surface area contributed by atoms with Crippen LogP contribution in [0.4, 0.5) is 5.13 Å². The summed E-state index contributed by atoms with van der Waals surface area (Å²) in [6.45, 7) is 4.70. The van der Waals surface area contributed by atoms with Crippen molar-refractivity contribution >= 4 is 22.4 Å². The lowest BCUT2D eigenvalue weighted by molar-refractivity contribution is -0.121. The van der Waals surface area contributed by atoms with Crippen LogP contribution >= 0.6 is 11.3 Å². The second-order valence-corrected chi connectivity index (χ2v) is 7.19. The Morgan fingerprint density at radius 1 is 1.08 bits per heavy atom. The molecule has 0 atom stereocenters. The molecule has 1 N–H and O–H groups in total. The van der Waals surface area contributed by atoms with Gasteiger partial charge in [-0.25, -0.2) is 0 Å². The molecule has 134 valence electrons. The molecule has 0 aliphatic carbocycles. The molecule has 0 aliphatic rings. The van der Waals surface area contributed by atoms with Crippen LogP contribution in [0, 0.1) is 0 Å². The van der Waals surface area contributed by atoms with E-state index >= 15 is 0 Å². The second kappa shape index (κ2) is 8.69. The smallest absolute Gasteiger partial charge is 0.252 e. The largest absolute Gasteiger partial charge is 0.367 e. The van der Waals surface area contributed by atoms with Crippen LogP contribution in [0.15, 0.2) is 54.6 Å². The standard InChI is InChI=1S/C20H21N3O2S/c1-14(2)16-8-10-17(11-9-16)19-22-23-20(26-19)21-18(24)13-25-12-15-6-4-3-5-7-15/h3-11,14H,12-13H2,1-2H3,(H,21,23,24). The molecule has 0 saturated heterocycles. The predicted molar refractivity (Wildman–Crippen MR) is 104 cm³/mol. The van der Waals surface area contributed by atoms with Gasteiger partial charge in [0.05, 0.1) is 6.61 Å². The molecular formula is C20H21N3O2S. The van der Waals surface area contributed by atoms with E-state index in [0.717, 1.165) is 16.1 Å². The summed E-state index contributed by atoms with van der Waals surface area (Å²) in [5.74, 6) is 0.253. The molecular weight excluding hydrogens is 346 g/mol. The van der Waals surface area contributed by atoms with Crippen LogP contribution in [0.3, 0.4) is 0 Å². The Balaban J connectivity index is 1.52. The molecule has 6 heteroatoms. The number of ether oxygens (including phenoxy) is 1. The summed E-state index contributed by atoms with van der Waals surface area (Å²) in [7, 11) is 0. The number of rotatable bonds is 7. The predicted octanol–water partition coefficient (Wildman–Crippen LogP) is 4.48. The van der Waals surface area contributed by atoms with E-state index in [1.54, 1.807) is 0 Å². The highest BCUT2D eigenvalue weighted by Gasteiger charge is 2.10. The quantitative estimate of drug-likeness (QED) is 0.668. The maximum Gasteiger partial charge on any atom is 0.252 e. The van der Waals surface area contributed by atoms with Gasteiger partial charge in [0.2, 0.25) is 5.13 Å². The first kappa shape index (κ1) is 18.2. The zero-order chi connectivity index (χ0) is 18.4. The molecule has 0 fully saturated rings. The van der Waals surface area contributed by atoms with Crippen molar-refractivity contribution in [1.82, 2.24) is 10.2 Å². The molecule has 1 amide bonds. The van der Waals surface area contributed by atoms with Gasteiger partial charge >= 0.3 is 0 Å². The third kappa shape index (κ3) is 4.97. The minimum absolute atomic E-state index is 0.0209. The summed E-state index contributed by atoms with van der Waals surface area (Å²) in [6.07, 6.45) is 0. The van der Waals surface area contributed by atoms with Gasteiger partial charge in [0.1, 0.15) is 11.6 Å². The van der Waals surface area contributed by atoms with Gasteiger partial charge in [-0.05, 0) is 17.0 Å². The summed E-state index contributed by atoms with van der Waals surface area (Å²) in [4.78, 5) is 12.0. The van der Waals surface area contributed by atoms with E-state index in [-0.39, 0.29) is 12.5 Å². The summed E-state index contributed by atoms with van der Waals surface area (Å²) < 4.78 is 5.43. The number of anilines is 1. The normalized spacial score (nSPS) is 10.9. The van der Waals surface area contributed by atoms with E-state index in [1.165, 1.54) is 16.9 Å². The van der Waals surface area contributed by atoms with E-state index < -0.39 is 0 Å². The minimum atomic E-state index is -0.237. The summed E-state index contributed by atoms with van der Waals surface area (Å²) in [5.41, 5.74) is 3.30. The number of hydrogen-bond acceptors (Lipinski definition) is 5. The average Bonchev–Trinajstić information content (AvgIpc) is 3.11. The van der Waals surface area contributed by atoms with Crippen LogP contribution in [0.25, 0.3) is 10.6 Å². The fourth-order valence-electron chi connectivity index (χ4n) is 2.39. The fourth-order valence-corrected chi connectivity index (χ4v) is 3.16. The molecule has 1 heterocycles. The van der Waals surface area contributed by atoms with Crippen LogP contribution in [0.5, 0.6) is 0 Å². The molecule has 0 aliphatic heterocycles. The Morgan fingerprint density at radius 2 is 1.81 bits per heavy atom. The van der Waals surface area contributed by atoms with Crippen LogP contribution < -0.4 is 5.32 Å². The van der Waals surface area contributed by atoms with E-state index in [0.29, 0.717) is 17.7 Å². The maximum absolute atomic E-state index is 12.0. The number of aromatic nitrogens is 2. The molecule has 0 radical (unpaired) electrons. The highest BCUT2D eigenvalue weighted by molar-refractivity contribution is 7.18.